The van der Waals surface area contributed by atoms with Crippen molar-refractivity contribution in [2.45, 2.75) is 39.3 Å². The molecule has 1 aromatic heterocycles. The van der Waals surface area contributed by atoms with Crippen molar-refractivity contribution in [3.05, 3.63) is 11.1 Å². The van der Waals surface area contributed by atoms with E-state index in [1.807, 2.05) is 0 Å². The lowest BCUT2D eigenvalue weighted by atomic mass is 10.2. The zero-order valence-corrected chi connectivity index (χ0v) is 13.7. The van der Waals surface area contributed by atoms with Crippen LogP contribution in [0.4, 0.5) is 9.93 Å². The van der Waals surface area contributed by atoms with Crippen LogP contribution in [0, 0.1) is 0 Å². The molecule has 1 rings (SSSR count). The molecular formula is C13H19N3O5S. The Morgan fingerprint density at radius 2 is 2.14 bits per heavy atom. The fourth-order valence-corrected chi connectivity index (χ4v) is 2.14. The smallest absolute Gasteiger partial charge is 0.408 e. The van der Waals surface area contributed by atoms with Gasteiger partial charge in [-0.05, 0) is 27.7 Å². The SMILES string of the molecule is CCOC(=O)C(NC(=O)OC(C)(C)C)c1csc(NC=O)n1. The molecule has 0 aromatic carbocycles. The Balaban J connectivity index is 2.90. The second-order valence-electron chi connectivity index (χ2n) is 5.17. The van der Waals surface area contributed by atoms with Gasteiger partial charge in [-0.25, -0.2) is 14.6 Å². The van der Waals surface area contributed by atoms with E-state index in [1.54, 1.807) is 33.1 Å². The number of rotatable bonds is 6. The van der Waals surface area contributed by atoms with Crippen molar-refractivity contribution >= 4 is 34.9 Å². The molecule has 0 radical (unpaired) electrons. The van der Waals surface area contributed by atoms with Gasteiger partial charge in [-0.15, -0.1) is 11.3 Å². The number of amides is 2. The van der Waals surface area contributed by atoms with Gasteiger partial charge in [0.05, 0.1) is 12.3 Å². The Morgan fingerprint density at radius 3 is 2.68 bits per heavy atom. The number of esters is 1. The minimum Gasteiger partial charge on any atom is -0.464 e. The van der Waals surface area contributed by atoms with Gasteiger partial charge in [0.15, 0.2) is 11.2 Å². The minimum absolute atomic E-state index is 0.162. The van der Waals surface area contributed by atoms with Crippen molar-refractivity contribution in [3.63, 3.8) is 0 Å². The zero-order chi connectivity index (χ0) is 16.8. The first-order chi connectivity index (χ1) is 10.3. The number of anilines is 1. The summed E-state index contributed by atoms with van der Waals surface area (Å²) in [5, 5.41) is 6.66. The van der Waals surface area contributed by atoms with E-state index in [9.17, 15) is 14.4 Å². The maximum absolute atomic E-state index is 12.0. The molecule has 0 fully saturated rings. The van der Waals surface area contributed by atoms with Crippen LogP contribution >= 0.6 is 11.3 Å². The number of hydrogen-bond acceptors (Lipinski definition) is 7. The Kier molecular flexibility index (Phi) is 6.29. The van der Waals surface area contributed by atoms with E-state index in [2.05, 4.69) is 15.6 Å². The van der Waals surface area contributed by atoms with Gasteiger partial charge in [-0.1, -0.05) is 0 Å². The molecule has 2 N–H and O–H groups in total. The summed E-state index contributed by atoms with van der Waals surface area (Å²) in [7, 11) is 0. The lowest BCUT2D eigenvalue weighted by molar-refractivity contribution is -0.146. The Bertz CT molecular complexity index is 538. The molecule has 1 heterocycles. The average molecular weight is 329 g/mol. The van der Waals surface area contributed by atoms with Crippen molar-refractivity contribution in [1.29, 1.82) is 0 Å². The third kappa shape index (κ3) is 5.68. The molecule has 22 heavy (non-hydrogen) atoms. The predicted octanol–water partition coefficient (Wildman–Crippen LogP) is 1.84. The van der Waals surface area contributed by atoms with Crippen LogP contribution in [0.5, 0.6) is 0 Å². The van der Waals surface area contributed by atoms with Crippen molar-refractivity contribution in [2.24, 2.45) is 0 Å². The third-order valence-electron chi connectivity index (χ3n) is 2.18. The molecule has 1 atom stereocenters. The number of carbonyl (C=O) groups is 3. The van der Waals surface area contributed by atoms with E-state index in [0.29, 0.717) is 11.5 Å². The summed E-state index contributed by atoms with van der Waals surface area (Å²) in [6.45, 7) is 6.94. The Hall–Kier alpha value is -2.16. The summed E-state index contributed by atoms with van der Waals surface area (Å²) in [6, 6.07) is -1.10. The molecule has 0 aliphatic carbocycles. The van der Waals surface area contributed by atoms with Gasteiger partial charge in [-0.2, -0.15) is 0 Å². The van der Waals surface area contributed by atoms with E-state index >= 15 is 0 Å². The van der Waals surface area contributed by atoms with Crippen LogP contribution in [-0.2, 0) is 19.1 Å². The topological polar surface area (TPSA) is 107 Å². The Labute approximate surface area is 132 Å². The lowest BCUT2D eigenvalue weighted by Gasteiger charge is -2.22. The molecular weight excluding hydrogens is 310 g/mol. The maximum atomic E-state index is 12.0. The predicted molar refractivity (Wildman–Crippen MR) is 80.5 cm³/mol. The first kappa shape index (κ1) is 17.9. The van der Waals surface area contributed by atoms with Crippen molar-refractivity contribution in [1.82, 2.24) is 10.3 Å². The van der Waals surface area contributed by atoms with E-state index in [0.717, 1.165) is 11.3 Å². The van der Waals surface area contributed by atoms with E-state index < -0.39 is 23.7 Å². The number of aromatic nitrogens is 1. The van der Waals surface area contributed by atoms with Gasteiger partial charge >= 0.3 is 12.1 Å². The Morgan fingerprint density at radius 1 is 1.45 bits per heavy atom. The second kappa shape index (κ2) is 7.74. The van der Waals surface area contributed by atoms with Crippen LogP contribution in [-0.4, -0.2) is 35.7 Å². The summed E-state index contributed by atoms with van der Waals surface area (Å²) in [4.78, 5) is 38.3. The highest BCUT2D eigenvalue weighted by Crippen LogP contribution is 2.22. The second-order valence-corrected chi connectivity index (χ2v) is 6.03. The van der Waals surface area contributed by atoms with Crippen LogP contribution in [0.3, 0.4) is 0 Å². The molecule has 1 unspecified atom stereocenters. The van der Waals surface area contributed by atoms with Crippen LogP contribution in [0.15, 0.2) is 5.38 Å². The first-order valence-electron chi connectivity index (χ1n) is 6.58. The number of nitrogens with one attached hydrogen (secondary N) is 2. The highest BCUT2D eigenvalue weighted by atomic mass is 32.1. The van der Waals surface area contributed by atoms with E-state index in [4.69, 9.17) is 9.47 Å². The minimum atomic E-state index is -1.10. The summed E-state index contributed by atoms with van der Waals surface area (Å²) in [5.74, 6) is -0.656. The maximum Gasteiger partial charge on any atom is 0.408 e. The standard InChI is InChI=1S/C13H19N3O5S/c1-5-20-10(18)9(16-12(19)21-13(2,3)4)8-6-22-11(15-8)14-7-17/h6-7,9H,5H2,1-4H3,(H,16,19)(H,14,15,17). The number of carbonyl (C=O) groups excluding carboxylic acids is 3. The number of alkyl carbamates (subject to hydrolysis) is 1. The van der Waals surface area contributed by atoms with Gasteiger partial charge in [0, 0.05) is 5.38 Å². The fraction of sp³-hybridized carbons (Fsp3) is 0.538. The van der Waals surface area contributed by atoms with Gasteiger partial charge in [-0.3, -0.25) is 4.79 Å². The average Bonchev–Trinajstić information content (AvgIpc) is 2.83. The van der Waals surface area contributed by atoms with Gasteiger partial charge < -0.3 is 20.1 Å². The molecule has 8 nitrogen and oxygen atoms in total. The molecule has 1 aromatic rings. The molecule has 0 spiro atoms. The van der Waals surface area contributed by atoms with E-state index in [-0.39, 0.29) is 12.3 Å². The van der Waals surface area contributed by atoms with Crippen molar-refractivity contribution in [3.8, 4) is 0 Å². The molecule has 0 bridgehead atoms. The lowest BCUT2D eigenvalue weighted by Crippen LogP contribution is -2.39. The summed E-state index contributed by atoms with van der Waals surface area (Å²) < 4.78 is 10.0. The molecule has 0 saturated carbocycles. The highest BCUT2D eigenvalue weighted by Gasteiger charge is 2.29. The zero-order valence-electron chi connectivity index (χ0n) is 12.8. The number of nitrogens with zero attached hydrogens (tertiary/aromatic N) is 1. The molecule has 2 amide bonds. The van der Waals surface area contributed by atoms with Gasteiger partial charge in [0.25, 0.3) is 0 Å². The highest BCUT2D eigenvalue weighted by molar-refractivity contribution is 7.13. The first-order valence-corrected chi connectivity index (χ1v) is 7.46. The normalized spacial score (nSPS) is 12.2. The largest absolute Gasteiger partial charge is 0.464 e. The molecule has 0 saturated heterocycles. The van der Waals surface area contributed by atoms with Crippen molar-refractivity contribution in [2.75, 3.05) is 11.9 Å². The van der Waals surface area contributed by atoms with Gasteiger partial charge in [0.1, 0.15) is 5.60 Å². The number of thiazole rings is 1. The molecule has 0 aliphatic rings. The van der Waals surface area contributed by atoms with Crippen LogP contribution < -0.4 is 10.6 Å². The summed E-state index contributed by atoms with van der Waals surface area (Å²) in [6.07, 6.45) is -0.285. The molecule has 122 valence electrons. The fourth-order valence-electron chi connectivity index (χ4n) is 1.44. The monoisotopic (exact) mass is 329 g/mol. The number of ether oxygens (including phenoxy) is 2. The third-order valence-corrected chi connectivity index (χ3v) is 2.98. The van der Waals surface area contributed by atoms with Crippen LogP contribution in [0.1, 0.15) is 39.4 Å². The molecule has 9 heteroatoms. The van der Waals surface area contributed by atoms with E-state index in [1.165, 1.54) is 0 Å². The quantitative estimate of drug-likeness (QED) is 0.609. The summed E-state index contributed by atoms with van der Waals surface area (Å²) >= 11 is 1.12. The van der Waals surface area contributed by atoms with Crippen molar-refractivity contribution < 1.29 is 23.9 Å². The molecule has 0 aliphatic heterocycles. The van der Waals surface area contributed by atoms with Crippen LogP contribution in [0.25, 0.3) is 0 Å². The van der Waals surface area contributed by atoms with Gasteiger partial charge in [0.2, 0.25) is 6.41 Å². The summed E-state index contributed by atoms with van der Waals surface area (Å²) in [5.41, 5.74) is -0.436. The number of hydrogen-bond donors (Lipinski definition) is 2. The van der Waals surface area contributed by atoms with Crippen LogP contribution in [0.2, 0.25) is 0 Å².